The van der Waals surface area contributed by atoms with Gasteiger partial charge >= 0.3 is 6.18 Å². The van der Waals surface area contributed by atoms with Crippen LogP contribution in [-0.2, 0) is 21.0 Å². The number of methoxy groups -OCH3 is 1. The summed E-state index contributed by atoms with van der Waals surface area (Å²) in [5, 5.41) is 2.71. The summed E-state index contributed by atoms with van der Waals surface area (Å²) in [5.41, 5.74) is -0.612. The van der Waals surface area contributed by atoms with Gasteiger partial charge in [0.2, 0.25) is 15.9 Å². The van der Waals surface area contributed by atoms with Gasteiger partial charge < -0.3 is 10.1 Å². The minimum absolute atomic E-state index is 0.0119. The number of carbonyl (C=O) groups is 1. The van der Waals surface area contributed by atoms with Crippen molar-refractivity contribution in [1.29, 1.82) is 0 Å². The molecule has 1 N–H and O–H groups in total. The summed E-state index contributed by atoms with van der Waals surface area (Å²) < 4.78 is 70.2. The van der Waals surface area contributed by atoms with Crippen LogP contribution in [0.1, 0.15) is 18.4 Å². The Labute approximate surface area is 183 Å². The second-order valence-electron chi connectivity index (χ2n) is 7.06. The van der Waals surface area contributed by atoms with Crippen LogP contribution in [0.5, 0.6) is 5.75 Å². The Morgan fingerprint density at radius 1 is 1.19 bits per heavy atom. The Kier molecular flexibility index (Phi) is 6.82. The second kappa shape index (κ2) is 9.05. The van der Waals surface area contributed by atoms with Crippen LogP contribution < -0.4 is 10.1 Å². The Balaban J connectivity index is 1.71. The summed E-state index contributed by atoms with van der Waals surface area (Å²) in [7, 11) is -2.47. The SMILES string of the molecule is COc1ccc(S(=O)(=O)N2CCC[C@@H](C(=O)Nc3ccc(C(F)(F)F)cc3)C2)cc1Cl. The summed E-state index contributed by atoms with van der Waals surface area (Å²) in [6.45, 7) is 0.203. The normalized spacial score (nSPS) is 17.9. The van der Waals surface area contributed by atoms with Gasteiger partial charge in [-0.3, -0.25) is 4.79 Å². The average Bonchev–Trinajstić information content (AvgIpc) is 2.73. The summed E-state index contributed by atoms with van der Waals surface area (Å²) in [4.78, 5) is 12.6. The van der Waals surface area contributed by atoms with E-state index in [2.05, 4.69) is 5.32 Å². The minimum Gasteiger partial charge on any atom is -0.495 e. The van der Waals surface area contributed by atoms with Gasteiger partial charge in [-0.15, -0.1) is 0 Å². The molecular weight excluding hydrogens is 457 g/mol. The fraction of sp³-hybridized carbons (Fsp3) is 0.350. The number of rotatable bonds is 5. The molecule has 1 atom stereocenters. The van der Waals surface area contributed by atoms with Crippen molar-refractivity contribution in [3.8, 4) is 5.75 Å². The third kappa shape index (κ3) is 5.31. The number of halogens is 4. The molecule has 0 bridgehead atoms. The Hall–Kier alpha value is -2.30. The first-order chi connectivity index (χ1) is 14.5. The fourth-order valence-electron chi connectivity index (χ4n) is 3.32. The number of ether oxygens (including phenoxy) is 1. The average molecular weight is 477 g/mol. The van der Waals surface area contributed by atoms with E-state index in [1.807, 2.05) is 0 Å². The molecule has 1 amide bonds. The molecule has 0 saturated carbocycles. The van der Waals surface area contributed by atoms with Gasteiger partial charge in [-0.25, -0.2) is 8.42 Å². The number of nitrogens with zero attached hydrogens (tertiary/aromatic N) is 1. The number of hydrogen-bond donors (Lipinski definition) is 1. The zero-order valence-corrected chi connectivity index (χ0v) is 18.0. The van der Waals surface area contributed by atoms with Gasteiger partial charge in [-0.1, -0.05) is 11.6 Å². The molecule has 31 heavy (non-hydrogen) atoms. The molecule has 0 radical (unpaired) electrons. The molecule has 1 aliphatic rings. The smallest absolute Gasteiger partial charge is 0.416 e. The third-order valence-electron chi connectivity index (χ3n) is 5.00. The zero-order valence-electron chi connectivity index (χ0n) is 16.4. The van der Waals surface area contributed by atoms with E-state index in [-0.39, 0.29) is 28.7 Å². The number of benzene rings is 2. The highest BCUT2D eigenvalue weighted by Crippen LogP contribution is 2.32. The lowest BCUT2D eigenvalue weighted by Gasteiger charge is -2.31. The summed E-state index contributed by atoms with van der Waals surface area (Å²) in [6, 6.07) is 8.21. The number of anilines is 1. The van der Waals surface area contributed by atoms with Crippen LogP contribution in [0.2, 0.25) is 5.02 Å². The first-order valence-electron chi connectivity index (χ1n) is 9.34. The van der Waals surface area contributed by atoms with Crippen LogP contribution in [0.4, 0.5) is 18.9 Å². The van der Waals surface area contributed by atoms with Crippen LogP contribution in [0.25, 0.3) is 0 Å². The van der Waals surface area contributed by atoms with Gasteiger partial charge in [0.25, 0.3) is 0 Å². The Bertz CT molecular complexity index is 1060. The van der Waals surface area contributed by atoms with Crippen molar-refractivity contribution >= 4 is 33.2 Å². The first-order valence-corrected chi connectivity index (χ1v) is 11.2. The van der Waals surface area contributed by atoms with E-state index >= 15 is 0 Å². The minimum atomic E-state index is -4.47. The van der Waals surface area contributed by atoms with Gasteiger partial charge in [-0.2, -0.15) is 17.5 Å². The van der Waals surface area contributed by atoms with E-state index < -0.39 is 33.6 Å². The van der Waals surface area contributed by atoms with Crippen molar-refractivity contribution < 1.29 is 31.1 Å². The lowest BCUT2D eigenvalue weighted by atomic mass is 9.98. The molecule has 6 nitrogen and oxygen atoms in total. The molecule has 1 aliphatic heterocycles. The van der Waals surface area contributed by atoms with Gasteiger partial charge in [-0.05, 0) is 55.3 Å². The summed E-state index contributed by atoms with van der Waals surface area (Å²) >= 11 is 6.04. The Morgan fingerprint density at radius 3 is 2.45 bits per heavy atom. The predicted octanol–water partition coefficient (Wildman–Crippen LogP) is 4.41. The first kappa shape index (κ1) is 23.4. The van der Waals surface area contributed by atoms with Gasteiger partial charge in [0.15, 0.2) is 0 Å². The van der Waals surface area contributed by atoms with Gasteiger partial charge in [0.1, 0.15) is 5.75 Å². The van der Waals surface area contributed by atoms with Crippen LogP contribution in [0, 0.1) is 5.92 Å². The maximum atomic E-state index is 13.0. The molecular formula is C20H20ClF3N2O4S. The van der Waals surface area contributed by atoms with Gasteiger partial charge in [0.05, 0.1) is 28.5 Å². The number of alkyl halides is 3. The van der Waals surface area contributed by atoms with E-state index in [1.165, 1.54) is 29.6 Å². The Morgan fingerprint density at radius 2 is 1.87 bits per heavy atom. The molecule has 0 unspecified atom stereocenters. The number of piperidine rings is 1. The lowest BCUT2D eigenvalue weighted by molar-refractivity contribution is -0.137. The maximum Gasteiger partial charge on any atom is 0.416 e. The summed E-state index contributed by atoms with van der Waals surface area (Å²) in [5.74, 6) is -0.750. The molecule has 1 saturated heterocycles. The molecule has 3 rings (SSSR count). The molecule has 0 spiro atoms. The van der Waals surface area contributed by atoms with E-state index in [9.17, 15) is 26.4 Å². The van der Waals surface area contributed by atoms with Crippen molar-refractivity contribution in [1.82, 2.24) is 4.31 Å². The number of hydrogen-bond acceptors (Lipinski definition) is 4. The molecule has 0 aliphatic carbocycles. The highest BCUT2D eigenvalue weighted by molar-refractivity contribution is 7.89. The standard InChI is InChI=1S/C20H20ClF3N2O4S/c1-30-18-9-8-16(11-17(18)21)31(28,29)26-10-2-3-13(12-26)19(27)25-15-6-4-14(5-7-15)20(22,23)24/h4-9,11,13H,2-3,10,12H2,1H3,(H,25,27)/t13-/m1/s1. The third-order valence-corrected chi connectivity index (χ3v) is 7.15. The molecule has 11 heteroatoms. The monoisotopic (exact) mass is 476 g/mol. The maximum absolute atomic E-state index is 13.0. The molecule has 0 aromatic heterocycles. The van der Waals surface area contributed by atoms with Crippen molar-refractivity contribution in [3.63, 3.8) is 0 Å². The fourth-order valence-corrected chi connectivity index (χ4v) is 5.19. The second-order valence-corrected chi connectivity index (χ2v) is 9.41. The van der Waals surface area contributed by atoms with Gasteiger partial charge in [0, 0.05) is 18.8 Å². The molecule has 2 aromatic rings. The number of carbonyl (C=O) groups excluding carboxylic acids is 1. The van der Waals surface area contributed by atoms with E-state index in [0.717, 1.165) is 24.3 Å². The van der Waals surface area contributed by atoms with E-state index in [0.29, 0.717) is 18.6 Å². The molecule has 168 valence electrons. The van der Waals surface area contributed by atoms with Crippen molar-refractivity contribution in [2.75, 3.05) is 25.5 Å². The van der Waals surface area contributed by atoms with E-state index in [4.69, 9.17) is 16.3 Å². The van der Waals surface area contributed by atoms with Crippen LogP contribution >= 0.6 is 11.6 Å². The lowest BCUT2D eigenvalue weighted by Crippen LogP contribution is -2.43. The predicted molar refractivity (Wildman–Crippen MR) is 110 cm³/mol. The van der Waals surface area contributed by atoms with Crippen LogP contribution in [0.15, 0.2) is 47.4 Å². The largest absolute Gasteiger partial charge is 0.495 e. The molecule has 1 heterocycles. The highest BCUT2D eigenvalue weighted by Gasteiger charge is 2.34. The molecule has 2 aromatic carbocycles. The quantitative estimate of drug-likeness (QED) is 0.693. The van der Waals surface area contributed by atoms with Crippen molar-refractivity contribution in [3.05, 3.63) is 53.1 Å². The topological polar surface area (TPSA) is 75.7 Å². The molecule has 1 fully saturated rings. The van der Waals surface area contributed by atoms with E-state index in [1.54, 1.807) is 0 Å². The van der Waals surface area contributed by atoms with Crippen molar-refractivity contribution in [2.45, 2.75) is 23.9 Å². The van der Waals surface area contributed by atoms with Crippen LogP contribution in [0.3, 0.4) is 0 Å². The highest BCUT2D eigenvalue weighted by atomic mass is 35.5. The summed E-state index contributed by atoms with van der Waals surface area (Å²) in [6.07, 6.45) is -3.54. The number of nitrogens with one attached hydrogen (secondary N) is 1. The zero-order chi connectivity index (χ0) is 22.8. The van der Waals surface area contributed by atoms with Crippen molar-refractivity contribution in [2.24, 2.45) is 5.92 Å². The number of sulfonamides is 1. The van der Waals surface area contributed by atoms with Crippen LogP contribution in [-0.4, -0.2) is 38.8 Å². The number of amides is 1.